The Kier molecular flexibility index (Phi) is 3.07. The number of benzene rings is 1. The summed E-state index contributed by atoms with van der Waals surface area (Å²) in [6.07, 6.45) is 1.74. The molecule has 0 atom stereocenters. The first kappa shape index (κ1) is 12.5. The van der Waals surface area contributed by atoms with Crippen LogP contribution in [0.3, 0.4) is 0 Å². The predicted molar refractivity (Wildman–Crippen MR) is 70.2 cm³/mol. The lowest BCUT2D eigenvalue weighted by molar-refractivity contribution is -0.390. The molecule has 8 heteroatoms. The molecule has 0 aliphatic carbocycles. The fourth-order valence-electron chi connectivity index (χ4n) is 1.74. The second-order valence-corrected chi connectivity index (χ2v) is 4.87. The lowest BCUT2D eigenvalue weighted by Crippen LogP contribution is -1.95. The highest BCUT2D eigenvalue weighted by Crippen LogP contribution is 2.35. The summed E-state index contributed by atoms with van der Waals surface area (Å²) in [5.41, 5.74) is 0.0687. The molecule has 2 heterocycles. The molecule has 1 aromatic carbocycles. The van der Waals surface area contributed by atoms with Crippen LogP contribution in [0.15, 0.2) is 52.6 Å². The third kappa shape index (κ3) is 2.10. The summed E-state index contributed by atoms with van der Waals surface area (Å²) in [4.78, 5) is 10.4. The van der Waals surface area contributed by atoms with E-state index < -0.39 is 16.4 Å². The maximum atomic E-state index is 13.5. The number of nitro groups is 1. The number of nitrogens with zero attached hydrogens (tertiary/aromatic N) is 4. The van der Waals surface area contributed by atoms with Gasteiger partial charge < -0.3 is 0 Å². The van der Waals surface area contributed by atoms with E-state index in [1.54, 1.807) is 22.7 Å². The Labute approximate surface area is 116 Å². The highest BCUT2D eigenvalue weighted by molar-refractivity contribution is 7.99. The minimum atomic E-state index is -0.867. The second kappa shape index (κ2) is 4.89. The first-order valence-electron chi connectivity index (χ1n) is 5.57. The van der Waals surface area contributed by atoms with Crippen molar-refractivity contribution in [1.29, 1.82) is 0 Å². The molecule has 20 heavy (non-hydrogen) atoms. The third-order valence-corrected chi connectivity index (χ3v) is 3.63. The largest absolute Gasteiger partial charge is 0.318 e. The monoisotopic (exact) mass is 290 g/mol. The molecule has 0 aliphatic heterocycles. The van der Waals surface area contributed by atoms with Gasteiger partial charge in [-0.05, 0) is 36.0 Å². The zero-order valence-corrected chi connectivity index (χ0v) is 10.7. The Balaban J connectivity index is 2.08. The van der Waals surface area contributed by atoms with Gasteiger partial charge in [0.1, 0.15) is 0 Å². The van der Waals surface area contributed by atoms with Gasteiger partial charge >= 0.3 is 5.69 Å². The quantitative estimate of drug-likeness (QED) is 0.547. The Hall–Kier alpha value is -2.48. The molecule has 0 aliphatic rings. The van der Waals surface area contributed by atoms with Crippen LogP contribution in [0.25, 0.3) is 5.65 Å². The van der Waals surface area contributed by atoms with Crippen molar-refractivity contribution in [2.75, 3.05) is 0 Å². The minimum Gasteiger partial charge on any atom is -0.277 e. The van der Waals surface area contributed by atoms with Gasteiger partial charge in [-0.15, -0.1) is 10.2 Å². The summed E-state index contributed by atoms with van der Waals surface area (Å²) in [5, 5.41) is 19.3. The third-order valence-electron chi connectivity index (χ3n) is 2.62. The summed E-state index contributed by atoms with van der Waals surface area (Å²) in [7, 11) is 0. The average Bonchev–Trinajstić information content (AvgIpc) is 2.82. The molecule has 0 bridgehead atoms. The fraction of sp³-hybridized carbons (Fsp3) is 0. The first-order chi connectivity index (χ1) is 9.66. The Morgan fingerprint density at radius 1 is 1.20 bits per heavy atom. The molecule has 0 spiro atoms. The molecular formula is C12H7FN4O2S. The lowest BCUT2D eigenvalue weighted by Gasteiger charge is -2.02. The van der Waals surface area contributed by atoms with E-state index in [9.17, 15) is 14.5 Å². The average molecular weight is 290 g/mol. The van der Waals surface area contributed by atoms with Gasteiger partial charge in [-0.3, -0.25) is 14.5 Å². The van der Waals surface area contributed by atoms with Crippen LogP contribution in [0, 0.1) is 15.9 Å². The molecular weight excluding hydrogens is 283 g/mol. The van der Waals surface area contributed by atoms with Gasteiger partial charge in [0, 0.05) is 6.20 Å². The highest BCUT2D eigenvalue weighted by atomic mass is 32.2. The van der Waals surface area contributed by atoms with Crippen molar-refractivity contribution in [3.63, 3.8) is 0 Å². The van der Waals surface area contributed by atoms with Crippen LogP contribution in [0.4, 0.5) is 10.1 Å². The standard InChI is InChI=1S/C12H7FN4O2S/c13-8-4-3-5-9(11(8)17(18)19)20-12-15-14-10-6-1-2-7-16(10)12/h1-7H. The molecule has 6 nitrogen and oxygen atoms in total. The number of nitro benzene ring substituents is 1. The topological polar surface area (TPSA) is 73.3 Å². The van der Waals surface area contributed by atoms with Crippen molar-refractivity contribution in [2.24, 2.45) is 0 Å². The van der Waals surface area contributed by atoms with Crippen molar-refractivity contribution in [3.05, 3.63) is 58.5 Å². The molecule has 2 aromatic heterocycles. The zero-order chi connectivity index (χ0) is 14.1. The molecule has 100 valence electrons. The Morgan fingerprint density at radius 3 is 2.85 bits per heavy atom. The van der Waals surface area contributed by atoms with Crippen LogP contribution in [0.1, 0.15) is 0 Å². The van der Waals surface area contributed by atoms with Gasteiger partial charge in [0.25, 0.3) is 0 Å². The van der Waals surface area contributed by atoms with Crippen LogP contribution in [0.5, 0.6) is 0 Å². The normalized spacial score (nSPS) is 10.8. The highest BCUT2D eigenvalue weighted by Gasteiger charge is 2.22. The second-order valence-electron chi connectivity index (χ2n) is 3.86. The number of rotatable bonds is 3. The Bertz CT molecular complexity index is 805. The number of hydrogen-bond acceptors (Lipinski definition) is 5. The number of hydrogen-bond donors (Lipinski definition) is 0. The van der Waals surface area contributed by atoms with E-state index in [1.807, 2.05) is 6.07 Å². The van der Waals surface area contributed by atoms with Crippen LogP contribution >= 0.6 is 11.8 Å². The minimum absolute atomic E-state index is 0.188. The molecule has 0 N–H and O–H groups in total. The molecule has 0 unspecified atom stereocenters. The van der Waals surface area contributed by atoms with Crippen LogP contribution in [-0.4, -0.2) is 19.5 Å². The summed E-state index contributed by atoms with van der Waals surface area (Å²) < 4.78 is 15.2. The summed E-state index contributed by atoms with van der Waals surface area (Å²) in [6, 6.07) is 9.33. The van der Waals surface area contributed by atoms with E-state index in [0.29, 0.717) is 10.8 Å². The predicted octanol–water partition coefficient (Wildman–Crippen LogP) is 2.93. The van der Waals surface area contributed by atoms with Gasteiger partial charge in [-0.25, -0.2) is 0 Å². The van der Waals surface area contributed by atoms with E-state index >= 15 is 0 Å². The maximum absolute atomic E-state index is 13.5. The van der Waals surface area contributed by atoms with E-state index in [1.165, 1.54) is 12.1 Å². The van der Waals surface area contributed by atoms with Crippen LogP contribution in [-0.2, 0) is 0 Å². The smallest absolute Gasteiger partial charge is 0.277 e. The molecule has 0 amide bonds. The van der Waals surface area contributed by atoms with Gasteiger partial charge in [0.2, 0.25) is 11.0 Å². The summed E-state index contributed by atoms with van der Waals surface area (Å²) in [6.45, 7) is 0. The van der Waals surface area contributed by atoms with Crippen molar-refractivity contribution in [2.45, 2.75) is 10.1 Å². The first-order valence-corrected chi connectivity index (χ1v) is 6.39. The molecule has 0 saturated carbocycles. The summed E-state index contributed by atoms with van der Waals surface area (Å²) in [5.74, 6) is -0.867. The number of fused-ring (bicyclic) bond motifs is 1. The Morgan fingerprint density at radius 2 is 2.05 bits per heavy atom. The van der Waals surface area contributed by atoms with Gasteiger partial charge in [0.05, 0.1) is 9.82 Å². The van der Waals surface area contributed by atoms with Crippen molar-refractivity contribution in [3.8, 4) is 0 Å². The molecule has 3 rings (SSSR count). The van der Waals surface area contributed by atoms with E-state index in [4.69, 9.17) is 0 Å². The van der Waals surface area contributed by atoms with Crippen LogP contribution < -0.4 is 0 Å². The number of pyridine rings is 1. The van der Waals surface area contributed by atoms with Crippen molar-refractivity contribution in [1.82, 2.24) is 14.6 Å². The molecule has 0 radical (unpaired) electrons. The molecule has 0 saturated heterocycles. The van der Waals surface area contributed by atoms with Gasteiger partial charge in [0.15, 0.2) is 5.65 Å². The molecule has 0 fully saturated rings. The van der Waals surface area contributed by atoms with E-state index in [-0.39, 0.29) is 4.90 Å². The van der Waals surface area contributed by atoms with Gasteiger partial charge in [-0.2, -0.15) is 4.39 Å². The number of para-hydroxylation sites is 1. The lowest BCUT2D eigenvalue weighted by atomic mass is 10.3. The van der Waals surface area contributed by atoms with Crippen molar-refractivity contribution < 1.29 is 9.31 Å². The SMILES string of the molecule is O=[N+]([O-])c1c(F)cccc1Sc1nnc2ccccn12. The van der Waals surface area contributed by atoms with Crippen LogP contribution in [0.2, 0.25) is 0 Å². The van der Waals surface area contributed by atoms with Gasteiger partial charge in [-0.1, -0.05) is 12.1 Å². The number of halogens is 1. The van der Waals surface area contributed by atoms with E-state index in [2.05, 4.69) is 10.2 Å². The zero-order valence-electron chi connectivity index (χ0n) is 9.93. The van der Waals surface area contributed by atoms with E-state index in [0.717, 1.165) is 17.8 Å². The maximum Gasteiger partial charge on any atom is 0.318 e. The molecule has 3 aromatic rings. The van der Waals surface area contributed by atoms with Crippen molar-refractivity contribution >= 4 is 23.1 Å². The number of aromatic nitrogens is 3. The summed E-state index contributed by atoms with van der Waals surface area (Å²) >= 11 is 1.00. The fourth-order valence-corrected chi connectivity index (χ4v) is 2.69.